The second-order valence-corrected chi connectivity index (χ2v) is 10.2. The first-order valence-electron chi connectivity index (χ1n) is 5.94. The van der Waals surface area contributed by atoms with Gasteiger partial charge in [-0.1, -0.05) is 51.5 Å². The molecule has 0 aliphatic rings. The second kappa shape index (κ2) is 5.71. The highest BCUT2D eigenvalue weighted by Crippen LogP contribution is 2.20. The van der Waals surface area contributed by atoms with Crippen molar-refractivity contribution >= 4 is 23.6 Å². The molecule has 0 N–H and O–H groups in total. The van der Waals surface area contributed by atoms with E-state index in [-0.39, 0.29) is 0 Å². The molecule has 0 amide bonds. The predicted octanol–water partition coefficient (Wildman–Crippen LogP) is 4.07. The summed E-state index contributed by atoms with van der Waals surface area (Å²) < 4.78 is 0. The lowest BCUT2D eigenvalue weighted by Gasteiger charge is -2.21. The molecule has 15 heavy (non-hydrogen) atoms. The van der Waals surface area contributed by atoms with Crippen molar-refractivity contribution < 1.29 is 0 Å². The van der Waals surface area contributed by atoms with Crippen molar-refractivity contribution in [3.8, 4) is 0 Å². The van der Waals surface area contributed by atoms with Gasteiger partial charge in [-0.25, -0.2) is 0 Å². The Balaban J connectivity index is 2.87. The maximum absolute atomic E-state index is 6.70. The molecule has 0 aromatic heterocycles. The first kappa shape index (κ1) is 12.8. The van der Waals surface area contributed by atoms with E-state index < -0.39 is 7.38 Å². The third-order valence-electron chi connectivity index (χ3n) is 3.13. The van der Waals surface area contributed by atoms with E-state index in [2.05, 4.69) is 45.0 Å². The van der Waals surface area contributed by atoms with Crippen molar-refractivity contribution in [1.82, 2.24) is 0 Å². The van der Waals surface area contributed by atoms with Gasteiger partial charge >= 0.3 is 0 Å². The van der Waals surface area contributed by atoms with Gasteiger partial charge in [-0.05, 0) is 29.3 Å². The molecule has 1 aromatic carbocycles. The Morgan fingerprint density at radius 1 is 1.00 bits per heavy atom. The molecule has 0 unspecified atom stereocenters. The third-order valence-corrected chi connectivity index (χ3v) is 9.00. The number of hydrogen-bond donors (Lipinski definition) is 0. The second-order valence-electron chi connectivity index (χ2n) is 4.12. The standard InChI is InChI=1S/C13H21ClSi/c1-4-7-12-8-10-13(11-9-12)15(14,5-2)6-3/h8-11H,4-7H2,1-3H3. The quantitative estimate of drug-likeness (QED) is 0.538. The zero-order chi connectivity index (χ0) is 11.3. The highest BCUT2D eigenvalue weighted by molar-refractivity contribution is 7.27. The van der Waals surface area contributed by atoms with Gasteiger partial charge in [0.2, 0.25) is 0 Å². The molecule has 2 heteroatoms. The number of hydrogen-bond acceptors (Lipinski definition) is 0. The summed E-state index contributed by atoms with van der Waals surface area (Å²) >= 11 is 6.70. The lowest BCUT2D eigenvalue weighted by atomic mass is 10.1. The van der Waals surface area contributed by atoms with E-state index in [0.29, 0.717) is 0 Å². The number of benzene rings is 1. The molecule has 1 aromatic rings. The van der Waals surface area contributed by atoms with Gasteiger partial charge < -0.3 is 0 Å². The van der Waals surface area contributed by atoms with E-state index in [1.807, 2.05) is 0 Å². The first-order valence-corrected chi connectivity index (χ1v) is 9.37. The molecule has 0 aliphatic carbocycles. The van der Waals surface area contributed by atoms with Crippen LogP contribution >= 0.6 is 11.1 Å². The molecule has 84 valence electrons. The smallest absolute Gasteiger partial charge is 0.161 e. The lowest BCUT2D eigenvalue weighted by Crippen LogP contribution is -2.40. The van der Waals surface area contributed by atoms with Crippen molar-refractivity contribution in [3.63, 3.8) is 0 Å². The van der Waals surface area contributed by atoms with Crippen LogP contribution in [-0.4, -0.2) is 7.38 Å². The molecule has 0 heterocycles. The van der Waals surface area contributed by atoms with Crippen LogP contribution in [0.2, 0.25) is 12.1 Å². The predicted molar refractivity (Wildman–Crippen MR) is 72.6 cm³/mol. The minimum atomic E-state index is -1.65. The van der Waals surface area contributed by atoms with Crippen LogP contribution in [0.1, 0.15) is 32.8 Å². The van der Waals surface area contributed by atoms with Gasteiger partial charge in [0.15, 0.2) is 7.38 Å². The summed E-state index contributed by atoms with van der Waals surface area (Å²) in [7, 11) is -1.65. The fourth-order valence-corrected chi connectivity index (χ4v) is 4.38. The van der Waals surface area contributed by atoms with E-state index in [4.69, 9.17) is 11.1 Å². The van der Waals surface area contributed by atoms with Crippen LogP contribution in [-0.2, 0) is 6.42 Å². The fraction of sp³-hybridized carbons (Fsp3) is 0.538. The van der Waals surface area contributed by atoms with Gasteiger partial charge in [0.05, 0.1) is 0 Å². The molecule has 0 atom stereocenters. The molecule has 0 fully saturated rings. The maximum Gasteiger partial charge on any atom is 0.186 e. The summed E-state index contributed by atoms with van der Waals surface area (Å²) in [6, 6.07) is 11.2. The molecule has 0 aliphatic heterocycles. The van der Waals surface area contributed by atoms with Crippen molar-refractivity contribution in [2.45, 2.75) is 45.7 Å². The van der Waals surface area contributed by atoms with Crippen LogP contribution in [0.15, 0.2) is 24.3 Å². The van der Waals surface area contributed by atoms with E-state index in [1.54, 1.807) is 0 Å². The van der Waals surface area contributed by atoms with Crippen LogP contribution in [0.25, 0.3) is 0 Å². The van der Waals surface area contributed by atoms with E-state index >= 15 is 0 Å². The Morgan fingerprint density at radius 3 is 1.93 bits per heavy atom. The van der Waals surface area contributed by atoms with Crippen molar-refractivity contribution in [1.29, 1.82) is 0 Å². The minimum Gasteiger partial charge on any atom is -0.161 e. The molecule has 0 bridgehead atoms. The average molecular weight is 241 g/mol. The van der Waals surface area contributed by atoms with Crippen LogP contribution < -0.4 is 5.19 Å². The molecular formula is C13H21ClSi. The van der Waals surface area contributed by atoms with Gasteiger partial charge in [0.25, 0.3) is 0 Å². The Labute approximate surface area is 99.4 Å². The minimum absolute atomic E-state index is 1.12. The summed E-state index contributed by atoms with van der Waals surface area (Å²) in [5.41, 5.74) is 1.43. The van der Waals surface area contributed by atoms with Gasteiger partial charge in [0.1, 0.15) is 0 Å². The monoisotopic (exact) mass is 240 g/mol. The summed E-state index contributed by atoms with van der Waals surface area (Å²) in [6.07, 6.45) is 2.39. The Hall–Kier alpha value is -0.273. The van der Waals surface area contributed by atoms with Gasteiger partial charge in [-0.15, -0.1) is 0 Å². The summed E-state index contributed by atoms with van der Waals surface area (Å²) in [5.74, 6) is 0. The van der Waals surface area contributed by atoms with Gasteiger partial charge in [0, 0.05) is 0 Å². The van der Waals surface area contributed by atoms with Gasteiger partial charge in [-0.3, -0.25) is 0 Å². The van der Waals surface area contributed by atoms with E-state index in [9.17, 15) is 0 Å². The highest BCUT2D eigenvalue weighted by atomic mass is 35.6. The Morgan fingerprint density at radius 2 is 1.53 bits per heavy atom. The zero-order valence-electron chi connectivity index (χ0n) is 10.0. The molecule has 0 spiro atoms. The molecule has 0 nitrogen and oxygen atoms in total. The number of rotatable bonds is 5. The van der Waals surface area contributed by atoms with Gasteiger partial charge in [-0.2, -0.15) is 11.1 Å². The molecule has 0 saturated carbocycles. The van der Waals surface area contributed by atoms with Crippen molar-refractivity contribution in [3.05, 3.63) is 29.8 Å². The van der Waals surface area contributed by atoms with Crippen LogP contribution in [0.5, 0.6) is 0 Å². The normalized spacial score (nSPS) is 11.7. The summed E-state index contributed by atoms with van der Waals surface area (Å²) in [4.78, 5) is 0. The maximum atomic E-state index is 6.70. The van der Waals surface area contributed by atoms with Crippen LogP contribution in [0.4, 0.5) is 0 Å². The fourth-order valence-electron chi connectivity index (χ4n) is 1.92. The van der Waals surface area contributed by atoms with Crippen LogP contribution in [0.3, 0.4) is 0 Å². The van der Waals surface area contributed by atoms with Crippen molar-refractivity contribution in [2.24, 2.45) is 0 Å². The number of halogens is 1. The van der Waals surface area contributed by atoms with Crippen molar-refractivity contribution in [2.75, 3.05) is 0 Å². The molecule has 1 rings (SSSR count). The number of aryl methyl sites for hydroxylation is 1. The average Bonchev–Trinajstić information content (AvgIpc) is 2.29. The lowest BCUT2D eigenvalue weighted by molar-refractivity contribution is 0.922. The zero-order valence-corrected chi connectivity index (χ0v) is 11.8. The Kier molecular flexibility index (Phi) is 4.87. The Bertz CT molecular complexity index is 288. The van der Waals surface area contributed by atoms with E-state index in [0.717, 1.165) is 12.1 Å². The largest absolute Gasteiger partial charge is 0.186 e. The molecule has 0 radical (unpaired) electrons. The first-order chi connectivity index (χ1) is 7.16. The van der Waals surface area contributed by atoms with E-state index in [1.165, 1.54) is 23.6 Å². The molecule has 0 saturated heterocycles. The third kappa shape index (κ3) is 3.09. The van der Waals surface area contributed by atoms with Crippen LogP contribution in [0, 0.1) is 0 Å². The summed E-state index contributed by atoms with van der Waals surface area (Å²) in [5, 5.41) is 1.40. The topological polar surface area (TPSA) is 0 Å². The summed E-state index contributed by atoms with van der Waals surface area (Å²) in [6.45, 7) is 6.64. The molecular weight excluding hydrogens is 220 g/mol. The SMILES string of the molecule is CCCc1ccc([Si](Cl)(CC)CC)cc1. The highest BCUT2D eigenvalue weighted by Gasteiger charge is 2.28.